The van der Waals surface area contributed by atoms with E-state index in [1.807, 2.05) is 23.9 Å². The van der Waals surface area contributed by atoms with Crippen molar-refractivity contribution >= 4 is 17.7 Å². The van der Waals surface area contributed by atoms with E-state index in [9.17, 15) is 4.79 Å². The highest BCUT2D eigenvalue weighted by atomic mass is 32.2. The number of hydrazine groups is 1. The van der Waals surface area contributed by atoms with Gasteiger partial charge in [0.1, 0.15) is 5.69 Å². The van der Waals surface area contributed by atoms with Crippen LogP contribution in [-0.2, 0) is 10.5 Å². The van der Waals surface area contributed by atoms with E-state index in [-0.39, 0.29) is 5.91 Å². The smallest absolute Gasteiger partial charge is 0.283 e. The van der Waals surface area contributed by atoms with Gasteiger partial charge < -0.3 is 4.74 Å². The van der Waals surface area contributed by atoms with Crippen LogP contribution in [0.2, 0.25) is 0 Å². The highest BCUT2D eigenvalue weighted by Gasteiger charge is 2.24. The molecule has 18 heavy (non-hydrogen) atoms. The van der Waals surface area contributed by atoms with Crippen LogP contribution in [0.3, 0.4) is 0 Å². The maximum Gasteiger partial charge on any atom is 0.283 e. The molecule has 0 spiro atoms. The monoisotopic (exact) mass is 267 g/mol. The molecule has 1 amide bonds. The molecule has 1 aromatic heterocycles. The third kappa shape index (κ3) is 3.22. The van der Waals surface area contributed by atoms with E-state index in [2.05, 4.69) is 17.3 Å². The standard InChI is InChI=1S/C12H17N3O2S/c1-8-11(5-6-17-8)18-7-9-3-2-4-10(14-9)12(16)15-13/h2-4,8,11H,5-7,13H2,1H3,(H,15,16). The van der Waals surface area contributed by atoms with E-state index in [0.717, 1.165) is 24.5 Å². The molecule has 1 saturated heterocycles. The lowest BCUT2D eigenvalue weighted by atomic mass is 10.3. The van der Waals surface area contributed by atoms with E-state index in [0.29, 0.717) is 17.0 Å². The zero-order valence-corrected chi connectivity index (χ0v) is 11.1. The number of ether oxygens (including phenoxy) is 1. The second kappa shape index (κ2) is 6.17. The Morgan fingerprint density at radius 3 is 3.17 bits per heavy atom. The summed E-state index contributed by atoms with van der Waals surface area (Å²) in [6, 6.07) is 5.39. The third-order valence-corrected chi connectivity index (χ3v) is 4.43. The largest absolute Gasteiger partial charge is 0.377 e. The highest BCUT2D eigenvalue weighted by molar-refractivity contribution is 7.99. The molecule has 5 nitrogen and oxygen atoms in total. The Bertz CT molecular complexity index is 428. The van der Waals surface area contributed by atoms with E-state index in [1.165, 1.54) is 0 Å². The summed E-state index contributed by atoms with van der Waals surface area (Å²) < 4.78 is 5.51. The Hall–Kier alpha value is -1.11. The van der Waals surface area contributed by atoms with Gasteiger partial charge in [0.25, 0.3) is 5.91 Å². The Morgan fingerprint density at radius 1 is 1.67 bits per heavy atom. The number of nitrogens with one attached hydrogen (secondary N) is 1. The van der Waals surface area contributed by atoms with E-state index in [1.54, 1.807) is 6.07 Å². The predicted molar refractivity (Wildman–Crippen MR) is 71.0 cm³/mol. The van der Waals surface area contributed by atoms with Crippen LogP contribution in [-0.4, -0.2) is 28.9 Å². The number of rotatable bonds is 4. The molecule has 2 unspecified atom stereocenters. The van der Waals surface area contributed by atoms with Gasteiger partial charge in [-0.15, -0.1) is 11.8 Å². The Labute approximate surface area is 110 Å². The molecule has 0 radical (unpaired) electrons. The van der Waals surface area contributed by atoms with Crippen molar-refractivity contribution in [2.24, 2.45) is 5.84 Å². The average Bonchev–Trinajstić information content (AvgIpc) is 2.81. The van der Waals surface area contributed by atoms with Crippen molar-refractivity contribution in [3.63, 3.8) is 0 Å². The molecule has 2 heterocycles. The number of nitrogens with zero attached hydrogens (tertiary/aromatic N) is 1. The van der Waals surface area contributed by atoms with Gasteiger partial charge in [0.2, 0.25) is 0 Å². The first-order valence-electron chi connectivity index (χ1n) is 5.91. The number of pyridine rings is 1. The first kappa shape index (κ1) is 13.3. The number of hydrogen-bond acceptors (Lipinski definition) is 5. The van der Waals surface area contributed by atoms with Gasteiger partial charge in [0.05, 0.1) is 11.8 Å². The van der Waals surface area contributed by atoms with Crippen LogP contribution >= 0.6 is 11.8 Å². The Balaban J connectivity index is 1.95. The Kier molecular flexibility index (Phi) is 4.57. The minimum Gasteiger partial charge on any atom is -0.377 e. The fourth-order valence-corrected chi connectivity index (χ4v) is 3.04. The zero-order valence-electron chi connectivity index (χ0n) is 10.3. The average molecular weight is 267 g/mol. The van der Waals surface area contributed by atoms with Gasteiger partial charge in [-0.2, -0.15) is 0 Å². The van der Waals surface area contributed by atoms with Crippen LogP contribution in [0.5, 0.6) is 0 Å². The third-order valence-electron chi connectivity index (χ3n) is 2.92. The molecule has 98 valence electrons. The molecular formula is C12H17N3O2S. The van der Waals surface area contributed by atoms with Crippen molar-refractivity contribution in [2.75, 3.05) is 6.61 Å². The van der Waals surface area contributed by atoms with Gasteiger partial charge in [-0.1, -0.05) is 6.07 Å². The molecule has 0 aromatic carbocycles. The lowest BCUT2D eigenvalue weighted by Crippen LogP contribution is -2.30. The molecule has 1 aliphatic heterocycles. The summed E-state index contributed by atoms with van der Waals surface area (Å²) in [5.41, 5.74) is 3.33. The van der Waals surface area contributed by atoms with Gasteiger partial charge >= 0.3 is 0 Å². The fourth-order valence-electron chi connectivity index (χ4n) is 1.88. The lowest BCUT2D eigenvalue weighted by Gasteiger charge is -2.13. The van der Waals surface area contributed by atoms with Crippen molar-refractivity contribution in [1.29, 1.82) is 0 Å². The van der Waals surface area contributed by atoms with Crippen LogP contribution in [0, 0.1) is 0 Å². The number of aromatic nitrogens is 1. The molecule has 2 atom stereocenters. The van der Waals surface area contributed by atoms with Crippen molar-refractivity contribution in [3.8, 4) is 0 Å². The maximum absolute atomic E-state index is 11.4. The van der Waals surface area contributed by atoms with Crippen molar-refractivity contribution in [2.45, 2.75) is 30.5 Å². The number of carbonyl (C=O) groups is 1. The number of nitrogens with two attached hydrogens (primary N) is 1. The molecule has 1 aromatic rings. The predicted octanol–water partition coefficient (Wildman–Crippen LogP) is 1.10. The van der Waals surface area contributed by atoms with Crippen LogP contribution in [0.15, 0.2) is 18.2 Å². The summed E-state index contributed by atoms with van der Waals surface area (Å²) >= 11 is 1.82. The summed E-state index contributed by atoms with van der Waals surface area (Å²) in [7, 11) is 0. The molecular weight excluding hydrogens is 250 g/mol. The first-order valence-corrected chi connectivity index (χ1v) is 6.95. The van der Waals surface area contributed by atoms with E-state index >= 15 is 0 Å². The SMILES string of the molecule is CC1OCCC1SCc1cccc(C(=O)NN)n1. The van der Waals surface area contributed by atoms with Gasteiger partial charge in [0.15, 0.2) is 0 Å². The fraction of sp³-hybridized carbons (Fsp3) is 0.500. The summed E-state index contributed by atoms with van der Waals surface area (Å²) in [5, 5.41) is 0.513. The van der Waals surface area contributed by atoms with Crippen LogP contribution in [0.4, 0.5) is 0 Å². The van der Waals surface area contributed by atoms with Crippen molar-refractivity contribution in [1.82, 2.24) is 10.4 Å². The number of carbonyl (C=O) groups excluding carboxylic acids is 1. The molecule has 1 aliphatic rings. The van der Waals surface area contributed by atoms with Gasteiger partial charge in [-0.25, -0.2) is 10.8 Å². The van der Waals surface area contributed by atoms with Gasteiger partial charge in [0, 0.05) is 17.6 Å². The van der Waals surface area contributed by atoms with Crippen molar-refractivity contribution < 1.29 is 9.53 Å². The minimum absolute atomic E-state index is 0.297. The summed E-state index contributed by atoms with van der Waals surface area (Å²) in [6.07, 6.45) is 1.37. The van der Waals surface area contributed by atoms with Crippen LogP contribution in [0.25, 0.3) is 0 Å². The second-order valence-electron chi connectivity index (χ2n) is 4.20. The summed E-state index contributed by atoms with van der Waals surface area (Å²) in [5.74, 6) is 5.50. The number of amides is 1. The highest BCUT2D eigenvalue weighted by Crippen LogP contribution is 2.28. The van der Waals surface area contributed by atoms with Crippen molar-refractivity contribution in [3.05, 3.63) is 29.6 Å². The normalized spacial score (nSPS) is 23.0. The zero-order chi connectivity index (χ0) is 13.0. The number of thioether (sulfide) groups is 1. The Morgan fingerprint density at radius 2 is 2.50 bits per heavy atom. The second-order valence-corrected chi connectivity index (χ2v) is 5.43. The molecule has 6 heteroatoms. The van der Waals surface area contributed by atoms with Crippen LogP contribution < -0.4 is 11.3 Å². The maximum atomic E-state index is 11.4. The van der Waals surface area contributed by atoms with Gasteiger partial charge in [-0.3, -0.25) is 10.2 Å². The molecule has 3 N–H and O–H groups in total. The lowest BCUT2D eigenvalue weighted by molar-refractivity contribution is 0.0948. The minimum atomic E-state index is -0.362. The molecule has 0 saturated carbocycles. The quantitative estimate of drug-likeness (QED) is 0.485. The van der Waals surface area contributed by atoms with E-state index in [4.69, 9.17) is 10.6 Å². The first-order chi connectivity index (χ1) is 8.70. The molecule has 2 rings (SSSR count). The molecule has 1 fully saturated rings. The number of hydrogen-bond donors (Lipinski definition) is 2. The summed E-state index contributed by atoms with van der Waals surface area (Å²) in [4.78, 5) is 15.6. The number of nitrogen functional groups attached to an aromatic ring is 1. The molecule has 0 aliphatic carbocycles. The van der Waals surface area contributed by atoms with Crippen LogP contribution in [0.1, 0.15) is 29.5 Å². The topological polar surface area (TPSA) is 77.2 Å². The summed E-state index contributed by atoms with van der Waals surface area (Å²) in [6.45, 7) is 2.93. The van der Waals surface area contributed by atoms with Gasteiger partial charge in [-0.05, 0) is 25.5 Å². The molecule has 0 bridgehead atoms. The van der Waals surface area contributed by atoms with E-state index < -0.39 is 0 Å².